The first-order valence-corrected chi connectivity index (χ1v) is 27.3. The van der Waals surface area contributed by atoms with Crippen molar-refractivity contribution >= 4 is 68.8 Å². The molecule has 12 rings (SSSR count). The fourth-order valence-electron chi connectivity index (χ4n) is 3.81. The lowest BCUT2D eigenvalue weighted by Crippen LogP contribution is -1.70. The lowest BCUT2D eigenvalue weighted by Gasteiger charge is -1.74. The molecule has 0 aliphatic heterocycles. The van der Waals surface area contributed by atoms with Gasteiger partial charge in [-0.3, -0.25) is 0 Å². The second kappa shape index (κ2) is 41.3. The van der Waals surface area contributed by atoms with Crippen molar-refractivity contribution < 1.29 is 26.9 Å². The van der Waals surface area contributed by atoms with Gasteiger partial charge in [-0.2, -0.15) is 33.1 Å². The maximum absolute atomic E-state index is 4.86. The Kier molecular flexibility index (Phi) is 36.2. The van der Waals surface area contributed by atoms with Crippen LogP contribution in [0.25, 0.3) is 0 Å². The first-order chi connectivity index (χ1) is 37.5. The summed E-state index contributed by atoms with van der Waals surface area (Å²) < 4.78 is 42.9. The van der Waals surface area contributed by atoms with Gasteiger partial charge in [0.1, 0.15) is 53.5 Å². The van der Waals surface area contributed by atoms with Crippen LogP contribution in [0, 0.1) is 132 Å². The third-order valence-corrected chi connectivity index (χ3v) is 11.1. The molecule has 0 saturated heterocycles. The predicted molar refractivity (Wildman–Crippen MR) is 295 cm³/mol. The Morgan fingerprint density at radius 2 is 0.975 bits per heavy atom. The molecule has 0 radical (unpaired) electrons. The topological polar surface area (TPSA) is 388 Å². The minimum Gasteiger partial charge on any atom is -0.428 e. The molecule has 0 N–H and O–H groups in total. The summed E-state index contributed by atoms with van der Waals surface area (Å²) in [7, 11) is 0. The van der Waals surface area contributed by atoms with Crippen LogP contribution in [-0.2, 0) is 0 Å². The summed E-state index contributed by atoms with van der Waals surface area (Å²) in [5.74, 6) is 7.52. The van der Waals surface area contributed by atoms with Crippen LogP contribution in [-0.4, -0.2) is 119 Å². The Labute approximate surface area is 479 Å². The van der Waals surface area contributed by atoms with Gasteiger partial charge in [-0.15, -0.1) is 68.6 Å². The van der Waals surface area contributed by atoms with Crippen molar-refractivity contribution in [2.75, 3.05) is 0 Å². The van der Waals surface area contributed by atoms with Gasteiger partial charge in [-0.25, -0.2) is 15.0 Å². The summed E-state index contributed by atoms with van der Waals surface area (Å²) in [5, 5.41) is 52.8. The lowest BCUT2D eigenvalue weighted by atomic mass is 10.4. The van der Waals surface area contributed by atoms with Gasteiger partial charge in [0.25, 0.3) is 0 Å². The van der Waals surface area contributed by atoms with Gasteiger partial charge in [-0.05, 0) is 136 Å². The van der Waals surface area contributed by atoms with Gasteiger partial charge < -0.3 is 26.9 Å². The maximum atomic E-state index is 4.86. The molecule has 0 aliphatic rings. The van der Waals surface area contributed by atoms with Crippen LogP contribution in [0.4, 0.5) is 0 Å². The molecule has 36 heteroatoms. The first kappa shape index (κ1) is 69.2. The van der Waals surface area contributed by atoms with Crippen molar-refractivity contribution in [2.45, 2.75) is 132 Å². The van der Waals surface area contributed by atoms with E-state index in [1.165, 1.54) is 70.1 Å². The third kappa shape index (κ3) is 39.3. The van der Waals surface area contributed by atoms with E-state index in [-0.39, 0.29) is 0 Å². The molecule has 30 nitrogen and oxygen atoms in total. The van der Waals surface area contributed by atoms with Crippen molar-refractivity contribution in [3.8, 4) is 0 Å². The van der Waals surface area contributed by atoms with Crippen molar-refractivity contribution in [1.29, 1.82) is 0 Å². The number of rotatable bonds is 0. The van der Waals surface area contributed by atoms with Gasteiger partial charge in [0.2, 0.25) is 48.1 Å². The van der Waals surface area contributed by atoms with Crippen LogP contribution < -0.4 is 0 Å². The Balaban J connectivity index is 0.000000431. The van der Waals surface area contributed by atoms with Gasteiger partial charge in [0.05, 0.1) is 5.69 Å². The number of aromatic nitrogens is 24. The molecular formula is C43H62N24O6S6. The van der Waals surface area contributed by atoms with E-state index < -0.39 is 0 Å². The van der Waals surface area contributed by atoms with E-state index in [0.29, 0.717) is 52.8 Å². The highest BCUT2D eigenvalue weighted by Crippen LogP contribution is 2.05. The fourth-order valence-corrected chi connectivity index (χ4v) is 6.50. The van der Waals surface area contributed by atoms with Crippen LogP contribution in [0.3, 0.4) is 0 Å². The van der Waals surface area contributed by atoms with E-state index in [0.717, 1.165) is 47.4 Å². The quantitative estimate of drug-likeness (QED) is 0.136. The summed E-state index contributed by atoms with van der Waals surface area (Å²) in [6, 6.07) is 0. The maximum Gasteiger partial charge on any atom is 0.223 e. The SMILES string of the molecule is Cc1ncno1.Cc1ncns1.Cc1ncon1.Cc1nnc(C)o1.Cc1nnc(C)s1.Cc1nnco1.Cc1nncs1.Cc1nnsc1C.Cc1noc(C)n1.Cc1noc(C)n1.Cc1nsc(C)n1.Cc1nsc(C)n1. The third-order valence-electron chi connectivity index (χ3n) is 7.00. The van der Waals surface area contributed by atoms with Crippen LogP contribution in [0.1, 0.15) is 105 Å². The monoisotopic (exact) mass is 1200 g/mol. The molecule has 0 aromatic carbocycles. The van der Waals surface area contributed by atoms with Crippen LogP contribution in [0.2, 0.25) is 0 Å². The van der Waals surface area contributed by atoms with E-state index >= 15 is 0 Å². The molecule has 0 bridgehead atoms. The Morgan fingerprint density at radius 1 is 0.392 bits per heavy atom. The summed E-state index contributed by atoms with van der Waals surface area (Å²) >= 11 is 8.92. The average Bonchev–Trinajstić information content (AvgIpc) is 4.20. The van der Waals surface area contributed by atoms with Crippen molar-refractivity contribution in [2.24, 2.45) is 0 Å². The number of hydrogen-bond acceptors (Lipinski definition) is 36. The molecule has 426 valence electrons. The molecule has 0 fully saturated rings. The zero-order valence-electron chi connectivity index (χ0n) is 47.0. The Hall–Kier alpha value is -7.80. The molecule has 0 amide bonds. The summed E-state index contributed by atoms with van der Waals surface area (Å²) in [4.78, 5) is 28.0. The number of nitrogens with zero attached hydrogens (tertiary/aromatic N) is 24. The molecule has 0 unspecified atom stereocenters. The highest BCUT2D eigenvalue weighted by atomic mass is 32.1. The lowest BCUT2D eigenvalue weighted by molar-refractivity contribution is 0.389. The minimum absolute atomic E-state index is 0.606. The minimum atomic E-state index is 0.606. The summed E-state index contributed by atoms with van der Waals surface area (Å²) in [6.07, 6.45) is 5.53. The second-order valence-electron chi connectivity index (χ2n) is 14.4. The van der Waals surface area contributed by atoms with Crippen molar-refractivity contribution in [3.63, 3.8) is 0 Å². The number of hydrogen-bond donors (Lipinski definition) is 0. The molecule has 0 saturated carbocycles. The van der Waals surface area contributed by atoms with Crippen molar-refractivity contribution in [1.82, 2.24) is 119 Å². The smallest absolute Gasteiger partial charge is 0.223 e. The van der Waals surface area contributed by atoms with E-state index in [2.05, 4.69) is 142 Å². The van der Waals surface area contributed by atoms with E-state index in [9.17, 15) is 0 Å². The summed E-state index contributed by atoms with van der Waals surface area (Å²) in [5.41, 5.74) is 2.76. The second-order valence-corrected chi connectivity index (χ2v) is 20.6. The Bertz CT molecular complexity index is 2620. The molecule has 0 spiro atoms. The largest absolute Gasteiger partial charge is 0.428 e. The fraction of sp³-hybridized carbons (Fsp3) is 0.442. The normalized spacial score (nSPS) is 9.20. The molecule has 12 heterocycles. The van der Waals surface area contributed by atoms with Crippen LogP contribution in [0.15, 0.2) is 57.9 Å². The zero-order chi connectivity index (χ0) is 59.0. The van der Waals surface area contributed by atoms with E-state index in [1.54, 1.807) is 96.8 Å². The van der Waals surface area contributed by atoms with Crippen LogP contribution in [0.5, 0.6) is 0 Å². The van der Waals surface area contributed by atoms with E-state index in [4.69, 9.17) is 4.42 Å². The van der Waals surface area contributed by atoms with Gasteiger partial charge in [0, 0.05) is 46.4 Å². The zero-order valence-corrected chi connectivity index (χ0v) is 51.9. The number of aryl methyl sites for hydroxylation is 19. The summed E-state index contributed by atoms with van der Waals surface area (Å²) in [6.45, 7) is 35.3. The molecule has 0 atom stereocenters. The molecule has 79 heavy (non-hydrogen) atoms. The van der Waals surface area contributed by atoms with Gasteiger partial charge in [-0.1, -0.05) is 25.1 Å². The molecule has 0 aliphatic carbocycles. The molecule has 12 aromatic heterocycles. The predicted octanol–water partition coefficient (Wildman–Crippen LogP) is 9.51. The molecular weight excluding hydrogens is 1140 g/mol. The van der Waals surface area contributed by atoms with Crippen molar-refractivity contribution in [3.05, 3.63) is 136 Å². The van der Waals surface area contributed by atoms with Gasteiger partial charge >= 0.3 is 0 Å². The highest BCUT2D eigenvalue weighted by Gasteiger charge is 1.94. The van der Waals surface area contributed by atoms with Crippen LogP contribution >= 0.6 is 68.8 Å². The van der Waals surface area contributed by atoms with E-state index in [1.807, 2.05) is 69.2 Å². The average molecular weight is 1200 g/mol. The highest BCUT2D eigenvalue weighted by molar-refractivity contribution is 7.11. The Morgan fingerprint density at radius 3 is 1.10 bits per heavy atom. The standard InChI is InChI=1S/3C4H6N2O.4C4H6N2S.3C3H4N2O.2C3H4N2S/c1-3-5-6-4(2)7-3;2*1-3-5-4(2)7-6-3;1-3-5-6-4(2)7-3;2*1-3-5-4(2)7-6-3;1-3-4(2)7-6-5-3;1-3-5-4-2-6-3;1-3-4-2-6-5-3;1-3-4-2-5-6-3;1-3-5-4-2-6-3;1-3-4-2-5-6-3/h7*1-2H3;5*2H,1H3. The van der Waals surface area contributed by atoms with Gasteiger partial charge in [0.15, 0.2) is 23.8 Å². The molecule has 12 aromatic rings. The first-order valence-electron chi connectivity index (χ1n) is 22.5.